The number of benzene rings is 2. The summed E-state index contributed by atoms with van der Waals surface area (Å²) in [6, 6.07) is 12.9. The van der Waals surface area contributed by atoms with Crippen LogP contribution in [0.5, 0.6) is 17.4 Å². The van der Waals surface area contributed by atoms with Gasteiger partial charge in [-0.1, -0.05) is 11.8 Å². The van der Waals surface area contributed by atoms with E-state index in [2.05, 4.69) is 15.3 Å². The number of carbonyl (C=O) groups is 1. The molecule has 0 saturated heterocycles. The van der Waals surface area contributed by atoms with Crippen LogP contribution in [0.4, 0.5) is 10.1 Å². The molecule has 2 aromatic carbocycles. The first-order valence-electron chi connectivity index (χ1n) is 11.4. The molecule has 1 aliphatic heterocycles. The Hall–Kier alpha value is -4.02. The molecule has 0 aliphatic carbocycles. The average molecular weight is 519 g/mol. The maximum Gasteiger partial charge on any atom is 0.234 e. The first kappa shape index (κ1) is 24.7. The molecule has 4 aromatic rings. The largest absolute Gasteiger partial charge is 0.497 e. The third-order valence-electron chi connectivity index (χ3n) is 5.87. The van der Waals surface area contributed by atoms with Crippen LogP contribution in [0.2, 0.25) is 0 Å². The molecule has 5 rings (SSSR count). The average Bonchev–Trinajstić information content (AvgIpc) is 2.92. The van der Waals surface area contributed by atoms with E-state index in [0.29, 0.717) is 62.7 Å². The van der Waals surface area contributed by atoms with Crippen molar-refractivity contribution in [2.24, 2.45) is 0 Å². The van der Waals surface area contributed by atoms with Crippen molar-refractivity contribution in [1.29, 1.82) is 0 Å². The zero-order valence-electron chi connectivity index (χ0n) is 20.1. The number of thioether (sulfide) groups is 1. The van der Waals surface area contributed by atoms with E-state index in [-0.39, 0.29) is 24.1 Å². The Balaban J connectivity index is 1.46. The molecule has 10 heteroatoms. The molecule has 37 heavy (non-hydrogen) atoms. The summed E-state index contributed by atoms with van der Waals surface area (Å²) < 4.78 is 24.8. The number of pyridine rings is 1. The number of amides is 1. The molecule has 8 nitrogen and oxygen atoms in total. The van der Waals surface area contributed by atoms with Crippen molar-refractivity contribution >= 4 is 23.4 Å². The SMILES string of the molecule is COc1ccc(NC(=O)CSc2nc(-c3ccc(F)cc3)nc3c2Cc2c(CO)cnc(C)c2O3)cc1. The maximum atomic E-state index is 13.5. The van der Waals surface area contributed by atoms with Gasteiger partial charge in [-0.3, -0.25) is 9.78 Å². The topological polar surface area (TPSA) is 106 Å². The van der Waals surface area contributed by atoms with Gasteiger partial charge >= 0.3 is 0 Å². The Labute approximate surface area is 216 Å². The van der Waals surface area contributed by atoms with Gasteiger partial charge in [-0.15, -0.1) is 0 Å². The van der Waals surface area contributed by atoms with Crippen LogP contribution < -0.4 is 14.8 Å². The summed E-state index contributed by atoms with van der Waals surface area (Å²) in [7, 11) is 1.58. The number of halogens is 1. The number of anilines is 1. The predicted octanol–water partition coefficient (Wildman–Crippen LogP) is 4.91. The molecule has 188 valence electrons. The summed E-state index contributed by atoms with van der Waals surface area (Å²) in [5, 5.41) is 13.3. The third kappa shape index (κ3) is 5.25. The van der Waals surface area contributed by atoms with Gasteiger partial charge in [0.25, 0.3) is 0 Å². The second kappa shape index (κ2) is 10.5. The highest BCUT2D eigenvalue weighted by Gasteiger charge is 2.28. The molecule has 0 fully saturated rings. The van der Waals surface area contributed by atoms with Crippen LogP contribution in [0, 0.1) is 12.7 Å². The number of methoxy groups -OCH3 is 1. The fraction of sp³-hybridized carbons (Fsp3) is 0.185. The van der Waals surface area contributed by atoms with E-state index in [0.717, 1.165) is 5.56 Å². The number of nitrogens with zero attached hydrogens (tertiary/aromatic N) is 3. The summed E-state index contributed by atoms with van der Waals surface area (Å²) in [6.07, 6.45) is 2.04. The van der Waals surface area contributed by atoms with Crippen molar-refractivity contribution in [3.05, 3.63) is 82.9 Å². The number of hydrogen-bond acceptors (Lipinski definition) is 8. The van der Waals surface area contributed by atoms with Crippen LogP contribution in [0.3, 0.4) is 0 Å². The van der Waals surface area contributed by atoms with Crippen molar-refractivity contribution in [3.8, 4) is 28.8 Å². The van der Waals surface area contributed by atoms with Gasteiger partial charge in [-0.05, 0) is 55.5 Å². The van der Waals surface area contributed by atoms with E-state index in [1.165, 1.54) is 23.9 Å². The summed E-state index contributed by atoms with van der Waals surface area (Å²) in [5.74, 6) is 1.46. The molecule has 1 aliphatic rings. The van der Waals surface area contributed by atoms with Crippen LogP contribution in [0.15, 0.2) is 59.8 Å². The number of rotatable bonds is 7. The number of aliphatic hydroxyl groups is 1. The van der Waals surface area contributed by atoms with E-state index >= 15 is 0 Å². The Kier molecular flexibility index (Phi) is 7.02. The van der Waals surface area contributed by atoms with E-state index in [9.17, 15) is 14.3 Å². The van der Waals surface area contributed by atoms with Gasteiger partial charge in [0.15, 0.2) is 11.6 Å². The number of fused-ring (bicyclic) bond motifs is 2. The van der Waals surface area contributed by atoms with Crippen molar-refractivity contribution in [3.63, 3.8) is 0 Å². The van der Waals surface area contributed by atoms with Gasteiger partial charge in [0.2, 0.25) is 11.8 Å². The molecular weight excluding hydrogens is 495 g/mol. The molecule has 1 amide bonds. The number of hydrogen-bond donors (Lipinski definition) is 2. The van der Waals surface area contributed by atoms with E-state index < -0.39 is 0 Å². The lowest BCUT2D eigenvalue weighted by Gasteiger charge is -2.24. The number of aliphatic hydroxyl groups excluding tert-OH is 1. The molecule has 3 heterocycles. The Morgan fingerprint density at radius 2 is 1.89 bits per heavy atom. The molecule has 0 bridgehead atoms. The first-order chi connectivity index (χ1) is 17.9. The molecule has 0 spiro atoms. The minimum Gasteiger partial charge on any atom is -0.497 e. The number of aromatic nitrogens is 3. The van der Waals surface area contributed by atoms with Crippen LogP contribution >= 0.6 is 11.8 Å². The fourth-order valence-corrected chi connectivity index (χ4v) is 4.77. The lowest BCUT2D eigenvalue weighted by atomic mass is 9.99. The van der Waals surface area contributed by atoms with Crippen LogP contribution in [0.1, 0.15) is 22.4 Å². The number of carbonyl (C=O) groups excluding carboxylic acids is 1. The molecule has 0 radical (unpaired) electrons. The van der Waals surface area contributed by atoms with Gasteiger partial charge in [0, 0.05) is 35.0 Å². The van der Waals surface area contributed by atoms with Crippen LogP contribution in [-0.4, -0.2) is 38.8 Å². The summed E-state index contributed by atoms with van der Waals surface area (Å²) >= 11 is 1.25. The van der Waals surface area contributed by atoms with Crippen LogP contribution in [-0.2, 0) is 17.8 Å². The quantitative estimate of drug-likeness (QED) is 0.231. The van der Waals surface area contributed by atoms with E-state index in [1.54, 1.807) is 49.7 Å². The first-order valence-corrected chi connectivity index (χ1v) is 12.4. The highest BCUT2D eigenvalue weighted by Crippen LogP contribution is 2.42. The van der Waals surface area contributed by atoms with Crippen molar-refractivity contribution < 1.29 is 23.8 Å². The summed E-state index contributed by atoms with van der Waals surface area (Å²) in [6.45, 7) is 1.64. The van der Waals surface area contributed by atoms with Gasteiger partial charge < -0.3 is 19.9 Å². The second-order valence-electron chi connectivity index (χ2n) is 8.32. The number of ether oxygens (including phenoxy) is 2. The van der Waals surface area contributed by atoms with Gasteiger partial charge in [0.05, 0.1) is 30.7 Å². The Morgan fingerprint density at radius 3 is 2.59 bits per heavy atom. The smallest absolute Gasteiger partial charge is 0.234 e. The third-order valence-corrected chi connectivity index (χ3v) is 6.89. The zero-order valence-corrected chi connectivity index (χ0v) is 20.9. The molecule has 0 saturated carbocycles. The highest BCUT2D eigenvalue weighted by atomic mass is 32.2. The molecule has 0 atom stereocenters. The lowest BCUT2D eigenvalue weighted by molar-refractivity contribution is -0.113. The minimum absolute atomic E-state index is 0.0907. The zero-order chi connectivity index (χ0) is 25.9. The highest BCUT2D eigenvalue weighted by molar-refractivity contribution is 8.00. The predicted molar refractivity (Wildman–Crippen MR) is 138 cm³/mol. The maximum absolute atomic E-state index is 13.5. The molecular formula is C27H23FN4O4S. The number of nitrogens with one attached hydrogen (secondary N) is 1. The minimum atomic E-state index is -0.366. The van der Waals surface area contributed by atoms with Gasteiger partial charge in [-0.2, -0.15) is 4.98 Å². The Bertz CT molecular complexity index is 1460. The molecule has 0 unspecified atom stereocenters. The molecule has 2 aromatic heterocycles. The number of aryl methyl sites for hydroxylation is 1. The Morgan fingerprint density at radius 1 is 1.14 bits per heavy atom. The van der Waals surface area contributed by atoms with Crippen molar-refractivity contribution in [2.75, 3.05) is 18.2 Å². The monoisotopic (exact) mass is 518 g/mol. The van der Waals surface area contributed by atoms with Gasteiger partial charge in [-0.25, -0.2) is 9.37 Å². The van der Waals surface area contributed by atoms with Gasteiger partial charge in [0.1, 0.15) is 16.6 Å². The van der Waals surface area contributed by atoms with E-state index in [4.69, 9.17) is 14.5 Å². The fourth-order valence-electron chi connectivity index (χ4n) is 3.95. The van der Waals surface area contributed by atoms with Crippen molar-refractivity contribution in [2.45, 2.75) is 25.0 Å². The normalized spacial score (nSPS) is 11.8. The summed E-state index contributed by atoms with van der Waals surface area (Å²) in [4.78, 5) is 26.4. The standard InChI is InChI=1S/C27H23FN4O4S/c1-15-24-21(17(13-33)12-29-15)11-22-26(36-24)31-25(16-3-5-18(28)6-4-16)32-27(22)37-14-23(34)30-19-7-9-20(35-2)10-8-19/h3-10,12,33H,11,13-14H2,1-2H3,(H,30,34). The lowest BCUT2D eigenvalue weighted by Crippen LogP contribution is -2.16. The van der Waals surface area contributed by atoms with Crippen molar-refractivity contribution in [1.82, 2.24) is 15.0 Å². The summed E-state index contributed by atoms with van der Waals surface area (Å²) in [5.41, 5.74) is 4.11. The second-order valence-corrected chi connectivity index (χ2v) is 9.29. The van der Waals surface area contributed by atoms with Crippen LogP contribution in [0.25, 0.3) is 11.4 Å². The molecule has 2 N–H and O–H groups in total. The van der Waals surface area contributed by atoms with E-state index in [1.807, 2.05) is 6.92 Å².